The van der Waals surface area contributed by atoms with Gasteiger partial charge in [0.25, 0.3) is 0 Å². The number of para-hydroxylation sites is 1. The van der Waals surface area contributed by atoms with Crippen LogP contribution in [0.5, 0.6) is 0 Å². The molecular weight excluding hydrogens is 232 g/mol. The van der Waals surface area contributed by atoms with Gasteiger partial charge in [0, 0.05) is 26.1 Å². The largest absolute Gasteiger partial charge is 0.379 e. The second-order valence-corrected chi connectivity index (χ2v) is 5.39. The molecule has 2 aromatic rings. The lowest BCUT2D eigenvalue weighted by Gasteiger charge is -2.25. The number of hydrogen-bond acceptors (Lipinski definition) is 4. The minimum atomic E-state index is 0.875. The molecule has 0 atom stereocenters. The van der Waals surface area contributed by atoms with Crippen LogP contribution in [-0.2, 0) is 11.2 Å². The molecule has 0 saturated carbocycles. The molecule has 90 valence electrons. The van der Waals surface area contributed by atoms with Gasteiger partial charge in [-0.15, -0.1) is 11.3 Å². The Morgan fingerprint density at radius 1 is 1.24 bits per heavy atom. The van der Waals surface area contributed by atoms with Crippen LogP contribution in [0.3, 0.4) is 0 Å². The zero-order chi connectivity index (χ0) is 11.5. The van der Waals surface area contributed by atoms with Gasteiger partial charge >= 0.3 is 0 Å². The van der Waals surface area contributed by atoms with Crippen LogP contribution in [0.2, 0.25) is 0 Å². The van der Waals surface area contributed by atoms with Crippen LogP contribution in [0, 0.1) is 0 Å². The number of rotatable bonds is 3. The summed E-state index contributed by atoms with van der Waals surface area (Å²) in [4.78, 5) is 7.11. The van der Waals surface area contributed by atoms with Crippen LogP contribution in [0.4, 0.5) is 0 Å². The number of hydrogen-bond donors (Lipinski definition) is 0. The summed E-state index contributed by atoms with van der Waals surface area (Å²) in [5.74, 6) is 0. The Labute approximate surface area is 105 Å². The topological polar surface area (TPSA) is 25.4 Å². The van der Waals surface area contributed by atoms with Crippen molar-refractivity contribution in [1.82, 2.24) is 9.88 Å². The number of fused-ring (bicyclic) bond motifs is 1. The maximum absolute atomic E-state index is 5.35. The third-order valence-electron chi connectivity index (χ3n) is 3.08. The molecule has 0 radical (unpaired) electrons. The Kier molecular flexibility index (Phi) is 3.36. The smallest absolute Gasteiger partial charge is 0.0951 e. The highest BCUT2D eigenvalue weighted by Gasteiger charge is 2.11. The lowest BCUT2D eigenvalue weighted by Crippen LogP contribution is -2.37. The fraction of sp³-hybridized carbons (Fsp3) is 0.462. The second kappa shape index (κ2) is 5.12. The summed E-state index contributed by atoms with van der Waals surface area (Å²) in [5.41, 5.74) is 1.13. The summed E-state index contributed by atoms with van der Waals surface area (Å²) >= 11 is 1.82. The van der Waals surface area contributed by atoms with Crippen LogP contribution in [0.15, 0.2) is 24.3 Å². The van der Waals surface area contributed by atoms with Crippen LogP contribution in [0.1, 0.15) is 5.01 Å². The van der Waals surface area contributed by atoms with Crippen molar-refractivity contribution in [3.05, 3.63) is 29.3 Å². The van der Waals surface area contributed by atoms with Gasteiger partial charge < -0.3 is 4.74 Å². The first-order valence-corrected chi connectivity index (χ1v) is 6.88. The average Bonchev–Trinajstić information content (AvgIpc) is 2.80. The molecule has 1 fully saturated rings. The zero-order valence-electron chi connectivity index (χ0n) is 9.76. The number of benzene rings is 1. The van der Waals surface area contributed by atoms with Gasteiger partial charge in [-0.05, 0) is 12.1 Å². The number of aromatic nitrogens is 1. The van der Waals surface area contributed by atoms with Gasteiger partial charge in [-0.25, -0.2) is 4.98 Å². The van der Waals surface area contributed by atoms with Crippen molar-refractivity contribution >= 4 is 21.6 Å². The maximum Gasteiger partial charge on any atom is 0.0951 e. The third kappa shape index (κ3) is 2.65. The van der Waals surface area contributed by atoms with Crippen LogP contribution < -0.4 is 0 Å². The van der Waals surface area contributed by atoms with E-state index < -0.39 is 0 Å². The molecule has 3 rings (SSSR count). The molecule has 0 bridgehead atoms. The van der Waals surface area contributed by atoms with E-state index in [1.807, 2.05) is 17.4 Å². The number of morpholine rings is 1. The van der Waals surface area contributed by atoms with Crippen LogP contribution in [0.25, 0.3) is 10.2 Å². The summed E-state index contributed by atoms with van der Waals surface area (Å²) in [6.45, 7) is 4.97. The van der Waals surface area contributed by atoms with Crippen molar-refractivity contribution < 1.29 is 4.74 Å². The molecule has 0 spiro atoms. The molecule has 17 heavy (non-hydrogen) atoms. The first-order chi connectivity index (χ1) is 8.42. The van der Waals surface area contributed by atoms with E-state index in [2.05, 4.69) is 28.1 Å². The molecule has 3 nitrogen and oxygen atoms in total. The van der Waals surface area contributed by atoms with Gasteiger partial charge in [-0.2, -0.15) is 0 Å². The number of thiazole rings is 1. The standard InChI is InChI=1S/C13H16N2OS/c1-2-4-12-11(3-1)14-13(17-12)5-6-15-7-9-16-10-8-15/h1-4H,5-10H2. The fourth-order valence-electron chi connectivity index (χ4n) is 2.11. The van der Waals surface area contributed by atoms with Crippen LogP contribution >= 0.6 is 11.3 Å². The van der Waals surface area contributed by atoms with E-state index >= 15 is 0 Å². The van der Waals surface area contributed by atoms with Gasteiger partial charge in [0.1, 0.15) is 0 Å². The van der Waals surface area contributed by atoms with Crippen molar-refractivity contribution in [3.8, 4) is 0 Å². The molecule has 0 unspecified atom stereocenters. The van der Waals surface area contributed by atoms with Crippen molar-refractivity contribution in [2.24, 2.45) is 0 Å². The average molecular weight is 248 g/mol. The predicted octanol–water partition coefficient (Wildman–Crippen LogP) is 2.17. The molecule has 1 saturated heterocycles. The van der Waals surface area contributed by atoms with Crippen molar-refractivity contribution in [1.29, 1.82) is 0 Å². The summed E-state index contributed by atoms with van der Waals surface area (Å²) in [6.07, 6.45) is 1.05. The molecule has 0 amide bonds. The van der Waals surface area contributed by atoms with E-state index in [0.717, 1.165) is 44.8 Å². The van der Waals surface area contributed by atoms with E-state index in [0.29, 0.717) is 0 Å². The lowest BCUT2D eigenvalue weighted by molar-refractivity contribution is 0.0384. The van der Waals surface area contributed by atoms with Gasteiger partial charge in [-0.1, -0.05) is 12.1 Å². The molecule has 1 aliphatic heterocycles. The van der Waals surface area contributed by atoms with E-state index in [4.69, 9.17) is 4.74 Å². The highest BCUT2D eigenvalue weighted by atomic mass is 32.1. The highest BCUT2D eigenvalue weighted by Crippen LogP contribution is 2.21. The van der Waals surface area contributed by atoms with Crippen molar-refractivity contribution in [2.75, 3.05) is 32.8 Å². The quantitative estimate of drug-likeness (QED) is 0.832. The third-order valence-corrected chi connectivity index (χ3v) is 4.18. The Bertz CT molecular complexity index is 458. The van der Waals surface area contributed by atoms with Gasteiger partial charge in [0.15, 0.2) is 0 Å². The Morgan fingerprint density at radius 2 is 2.06 bits per heavy atom. The molecule has 1 aliphatic rings. The zero-order valence-corrected chi connectivity index (χ0v) is 10.6. The molecular formula is C13H16N2OS. The molecule has 2 heterocycles. The monoisotopic (exact) mass is 248 g/mol. The first kappa shape index (κ1) is 11.1. The van der Waals surface area contributed by atoms with Crippen molar-refractivity contribution in [3.63, 3.8) is 0 Å². The van der Waals surface area contributed by atoms with Gasteiger partial charge in [0.2, 0.25) is 0 Å². The van der Waals surface area contributed by atoms with E-state index in [1.165, 1.54) is 9.71 Å². The fourth-order valence-corrected chi connectivity index (χ4v) is 3.06. The molecule has 4 heteroatoms. The minimum Gasteiger partial charge on any atom is -0.379 e. The molecule has 0 N–H and O–H groups in total. The Hall–Kier alpha value is -0.970. The van der Waals surface area contributed by atoms with E-state index in [1.54, 1.807) is 0 Å². The maximum atomic E-state index is 5.35. The highest BCUT2D eigenvalue weighted by molar-refractivity contribution is 7.18. The number of nitrogens with zero attached hydrogens (tertiary/aromatic N) is 2. The molecule has 1 aromatic heterocycles. The van der Waals surface area contributed by atoms with Crippen LogP contribution in [-0.4, -0.2) is 42.7 Å². The summed E-state index contributed by atoms with van der Waals surface area (Å²) in [7, 11) is 0. The van der Waals surface area contributed by atoms with Gasteiger partial charge in [-0.3, -0.25) is 4.90 Å². The first-order valence-electron chi connectivity index (χ1n) is 6.06. The van der Waals surface area contributed by atoms with Gasteiger partial charge in [0.05, 0.1) is 28.4 Å². The Morgan fingerprint density at radius 3 is 2.88 bits per heavy atom. The predicted molar refractivity (Wildman–Crippen MR) is 70.6 cm³/mol. The summed E-state index contributed by atoms with van der Waals surface area (Å²) in [6, 6.07) is 8.36. The molecule has 0 aliphatic carbocycles. The molecule has 1 aromatic carbocycles. The van der Waals surface area contributed by atoms with E-state index in [-0.39, 0.29) is 0 Å². The second-order valence-electron chi connectivity index (χ2n) is 4.28. The van der Waals surface area contributed by atoms with Crippen molar-refractivity contribution in [2.45, 2.75) is 6.42 Å². The summed E-state index contributed by atoms with van der Waals surface area (Å²) in [5, 5.41) is 1.25. The lowest BCUT2D eigenvalue weighted by atomic mass is 10.3. The minimum absolute atomic E-state index is 0.875. The Balaban J connectivity index is 1.64. The van der Waals surface area contributed by atoms with E-state index in [9.17, 15) is 0 Å². The normalized spacial score (nSPS) is 17.6. The SMILES string of the molecule is c1ccc2sc(CCN3CCOCC3)nc2c1. The number of ether oxygens (including phenoxy) is 1. The summed E-state index contributed by atoms with van der Waals surface area (Å²) < 4.78 is 6.64.